The lowest BCUT2D eigenvalue weighted by Gasteiger charge is -2.34. The number of fused-ring (bicyclic) bond motifs is 1. The SMILES string of the molecule is N#Cc1ccc(NC(=O)N2CCN(C(=O)c3ccc(N(c4cccc5cccnc45)[SH](=O)=O)cc3)CC2)cc1. The number of aromatic nitrogens is 1. The van der Waals surface area contributed by atoms with Gasteiger partial charge in [0, 0.05) is 49.0 Å². The lowest BCUT2D eigenvalue weighted by Crippen LogP contribution is -2.51. The van der Waals surface area contributed by atoms with E-state index in [0.29, 0.717) is 59.9 Å². The van der Waals surface area contributed by atoms with Crippen molar-refractivity contribution in [2.45, 2.75) is 0 Å². The van der Waals surface area contributed by atoms with E-state index in [1.165, 1.54) is 4.31 Å². The smallest absolute Gasteiger partial charge is 0.321 e. The number of piperazine rings is 1. The highest BCUT2D eigenvalue weighted by Crippen LogP contribution is 2.31. The van der Waals surface area contributed by atoms with Crippen LogP contribution in [0.2, 0.25) is 0 Å². The molecule has 1 aromatic heterocycles. The molecule has 11 heteroatoms. The van der Waals surface area contributed by atoms with Crippen molar-refractivity contribution in [3.8, 4) is 6.07 Å². The molecule has 2 heterocycles. The van der Waals surface area contributed by atoms with Crippen molar-refractivity contribution in [1.82, 2.24) is 14.8 Å². The number of nitrogens with zero attached hydrogens (tertiary/aromatic N) is 5. The van der Waals surface area contributed by atoms with Crippen LogP contribution in [0.3, 0.4) is 0 Å². The quantitative estimate of drug-likeness (QED) is 0.371. The summed E-state index contributed by atoms with van der Waals surface area (Å²) in [4.78, 5) is 33.4. The van der Waals surface area contributed by atoms with E-state index in [0.717, 1.165) is 5.39 Å². The molecular formula is C28H24N6O4S. The van der Waals surface area contributed by atoms with Crippen molar-refractivity contribution in [2.75, 3.05) is 35.8 Å². The Bertz CT molecular complexity index is 1630. The molecule has 5 rings (SSSR count). The summed E-state index contributed by atoms with van der Waals surface area (Å²) < 4.78 is 25.7. The molecule has 0 bridgehead atoms. The fraction of sp³-hybridized carbons (Fsp3) is 0.143. The van der Waals surface area contributed by atoms with Crippen LogP contribution in [0.5, 0.6) is 0 Å². The monoisotopic (exact) mass is 540 g/mol. The molecular weight excluding hydrogens is 516 g/mol. The van der Waals surface area contributed by atoms with E-state index in [2.05, 4.69) is 10.3 Å². The molecule has 1 fully saturated rings. The molecule has 1 saturated heterocycles. The highest BCUT2D eigenvalue weighted by atomic mass is 32.2. The molecule has 3 aromatic carbocycles. The Kier molecular flexibility index (Phi) is 7.38. The minimum atomic E-state index is -3.02. The summed E-state index contributed by atoms with van der Waals surface area (Å²) in [6.45, 7) is 1.46. The van der Waals surface area contributed by atoms with Crippen molar-refractivity contribution in [1.29, 1.82) is 5.26 Å². The first-order valence-corrected chi connectivity index (χ1v) is 13.3. The minimum absolute atomic E-state index is 0.196. The van der Waals surface area contributed by atoms with Crippen LogP contribution < -0.4 is 9.62 Å². The summed E-state index contributed by atoms with van der Waals surface area (Å²) in [7, 11) is -3.02. The number of para-hydroxylation sites is 1. The Morgan fingerprint density at radius 1 is 0.872 bits per heavy atom. The molecule has 0 radical (unpaired) electrons. The molecule has 4 aromatic rings. The number of carbonyl (C=O) groups is 2. The Hall–Kier alpha value is -4.95. The Labute approximate surface area is 226 Å². The first kappa shape index (κ1) is 25.7. The highest BCUT2D eigenvalue weighted by Gasteiger charge is 2.25. The second-order valence-corrected chi connectivity index (χ2v) is 9.72. The van der Waals surface area contributed by atoms with Crippen LogP contribution in [-0.2, 0) is 10.9 Å². The van der Waals surface area contributed by atoms with E-state index in [1.54, 1.807) is 82.7 Å². The number of thiol groups is 1. The van der Waals surface area contributed by atoms with Gasteiger partial charge in [-0.2, -0.15) is 5.26 Å². The predicted octanol–water partition coefficient (Wildman–Crippen LogP) is 3.76. The van der Waals surface area contributed by atoms with Gasteiger partial charge in [-0.15, -0.1) is 0 Å². The lowest BCUT2D eigenvalue weighted by atomic mass is 10.1. The summed E-state index contributed by atoms with van der Waals surface area (Å²) in [5.41, 5.74) is 2.90. The number of hydrogen-bond donors (Lipinski definition) is 2. The van der Waals surface area contributed by atoms with Gasteiger partial charge in [0.25, 0.3) is 5.91 Å². The van der Waals surface area contributed by atoms with Gasteiger partial charge < -0.3 is 15.1 Å². The molecule has 0 aliphatic carbocycles. The van der Waals surface area contributed by atoms with E-state index in [9.17, 15) is 18.0 Å². The van der Waals surface area contributed by atoms with Gasteiger partial charge in [-0.05, 0) is 60.7 Å². The molecule has 196 valence electrons. The van der Waals surface area contributed by atoms with E-state index < -0.39 is 10.9 Å². The largest absolute Gasteiger partial charge is 0.335 e. The third kappa shape index (κ3) is 5.51. The van der Waals surface area contributed by atoms with Crippen molar-refractivity contribution in [3.63, 3.8) is 0 Å². The number of nitriles is 1. The average Bonchev–Trinajstić information content (AvgIpc) is 2.98. The van der Waals surface area contributed by atoms with E-state index in [4.69, 9.17) is 5.26 Å². The van der Waals surface area contributed by atoms with Gasteiger partial charge in [-0.3, -0.25) is 9.78 Å². The van der Waals surface area contributed by atoms with Crippen molar-refractivity contribution in [3.05, 3.63) is 96.2 Å². The summed E-state index contributed by atoms with van der Waals surface area (Å²) in [6, 6.07) is 23.7. The molecule has 10 nitrogen and oxygen atoms in total. The molecule has 39 heavy (non-hydrogen) atoms. The van der Waals surface area contributed by atoms with Crippen LogP contribution in [-0.4, -0.2) is 61.3 Å². The van der Waals surface area contributed by atoms with Crippen molar-refractivity contribution >= 4 is 50.8 Å². The number of benzene rings is 3. The van der Waals surface area contributed by atoms with Gasteiger partial charge >= 0.3 is 6.03 Å². The number of amides is 3. The summed E-state index contributed by atoms with van der Waals surface area (Å²) in [5, 5.41) is 12.5. The lowest BCUT2D eigenvalue weighted by molar-refractivity contribution is 0.0671. The Morgan fingerprint density at radius 2 is 1.54 bits per heavy atom. The molecule has 0 atom stereocenters. The number of rotatable bonds is 5. The van der Waals surface area contributed by atoms with Gasteiger partial charge in [0.15, 0.2) is 0 Å². The summed E-state index contributed by atoms with van der Waals surface area (Å²) >= 11 is 0. The molecule has 0 spiro atoms. The second kappa shape index (κ2) is 11.2. The van der Waals surface area contributed by atoms with Crippen LogP contribution in [0.1, 0.15) is 15.9 Å². The van der Waals surface area contributed by atoms with E-state index >= 15 is 0 Å². The third-order valence-electron chi connectivity index (χ3n) is 6.48. The first-order valence-electron chi connectivity index (χ1n) is 12.2. The maximum atomic E-state index is 13.1. The van der Waals surface area contributed by atoms with Gasteiger partial charge in [-0.25, -0.2) is 17.5 Å². The summed E-state index contributed by atoms with van der Waals surface area (Å²) in [6.07, 6.45) is 1.61. The molecule has 1 aliphatic rings. The van der Waals surface area contributed by atoms with Gasteiger partial charge in [0.05, 0.1) is 28.5 Å². The van der Waals surface area contributed by atoms with Crippen LogP contribution >= 0.6 is 0 Å². The predicted molar refractivity (Wildman–Crippen MR) is 148 cm³/mol. The number of nitrogens with one attached hydrogen (secondary N) is 1. The first-order chi connectivity index (χ1) is 18.9. The zero-order valence-electron chi connectivity index (χ0n) is 20.7. The minimum Gasteiger partial charge on any atom is -0.335 e. The maximum Gasteiger partial charge on any atom is 0.321 e. The molecule has 0 saturated carbocycles. The van der Waals surface area contributed by atoms with Crippen molar-refractivity contribution in [2.24, 2.45) is 0 Å². The molecule has 0 unspecified atom stereocenters. The van der Waals surface area contributed by atoms with Crippen molar-refractivity contribution < 1.29 is 18.0 Å². The zero-order valence-corrected chi connectivity index (χ0v) is 21.6. The van der Waals surface area contributed by atoms with Gasteiger partial charge in [0.2, 0.25) is 10.9 Å². The fourth-order valence-corrected chi connectivity index (χ4v) is 5.11. The Balaban J connectivity index is 1.24. The zero-order chi connectivity index (χ0) is 27.4. The number of urea groups is 1. The van der Waals surface area contributed by atoms with Crippen LogP contribution in [0.15, 0.2) is 85.1 Å². The van der Waals surface area contributed by atoms with Crippen LogP contribution in [0.4, 0.5) is 21.9 Å². The topological polar surface area (TPSA) is 127 Å². The average molecular weight is 541 g/mol. The maximum absolute atomic E-state index is 13.1. The van der Waals surface area contributed by atoms with Crippen LogP contribution in [0.25, 0.3) is 10.9 Å². The molecule has 3 amide bonds. The number of pyridine rings is 1. The van der Waals surface area contributed by atoms with Gasteiger partial charge in [0.1, 0.15) is 0 Å². The Morgan fingerprint density at radius 3 is 2.21 bits per heavy atom. The number of hydrogen-bond acceptors (Lipinski definition) is 6. The second-order valence-electron chi connectivity index (χ2n) is 8.85. The highest BCUT2D eigenvalue weighted by molar-refractivity contribution is 7.74. The van der Waals surface area contributed by atoms with Gasteiger partial charge in [-0.1, -0.05) is 18.2 Å². The third-order valence-corrected chi connectivity index (χ3v) is 7.25. The van der Waals surface area contributed by atoms with Crippen LogP contribution in [0, 0.1) is 11.3 Å². The standard InChI is InChI=1S/C28H24N6O4S/c29-19-20-6-10-23(11-7-20)31-28(36)33-17-15-32(16-18-33)27(35)22-8-12-24(13-9-22)34(39(37)38)25-5-1-3-21-4-2-14-30-26(21)25/h1-14,39H,15-18H2,(H,31,36). The summed E-state index contributed by atoms with van der Waals surface area (Å²) in [5.74, 6) is -0.196. The van der Waals surface area contributed by atoms with E-state index in [-0.39, 0.29) is 11.9 Å². The fourth-order valence-electron chi connectivity index (χ4n) is 4.45. The number of anilines is 3. The van der Waals surface area contributed by atoms with E-state index in [1.807, 2.05) is 18.2 Å². The molecule has 1 aliphatic heterocycles. The molecule has 1 N–H and O–H groups in total. The normalized spacial score (nSPS) is 13.2. The number of carbonyl (C=O) groups excluding carboxylic acids is 2.